The average molecular weight is 538 g/mol. The van der Waals surface area contributed by atoms with Gasteiger partial charge in [-0.2, -0.15) is 0 Å². The molecule has 0 aliphatic heterocycles. The summed E-state index contributed by atoms with van der Waals surface area (Å²) >= 11 is 6.19. The van der Waals surface area contributed by atoms with Crippen LogP contribution in [0.5, 0.6) is 5.75 Å². The van der Waals surface area contributed by atoms with Crippen LogP contribution in [0.4, 0.5) is 5.69 Å². The molecule has 0 bridgehead atoms. The van der Waals surface area contributed by atoms with E-state index in [1.807, 2.05) is 37.3 Å². The van der Waals surface area contributed by atoms with Crippen molar-refractivity contribution in [1.29, 1.82) is 0 Å². The third-order valence-corrected chi connectivity index (χ3v) is 7.26. The molecule has 0 saturated heterocycles. The van der Waals surface area contributed by atoms with Crippen LogP contribution in [0.1, 0.15) is 45.1 Å². The molecule has 2 rings (SSSR count). The first-order valence-corrected chi connectivity index (χ1v) is 14.2. The van der Waals surface area contributed by atoms with Gasteiger partial charge in [0, 0.05) is 26.1 Å². The highest BCUT2D eigenvalue weighted by atomic mass is 35.5. The molecule has 0 fully saturated rings. The lowest BCUT2D eigenvalue weighted by molar-refractivity contribution is -0.140. The predicted molar refractivity (Wildman–Crippen MR) is 144 cm³/mol. The van der Waals surface area contributed by atoms with E-state index in [2.05, 4.69) is 5.32 Å². The number of benzene rings is 2. The quantitative estimate of drug-likeness (QED) is 0.364. The Morgan fingerprint density at radius 2 is 1.81 bits per heavy atom. The van der Waals surface area contributed by atoms with Crippen LogP contribution in [-0.4, -0.2) is 57.6 Å². The number of carbonyl (C=O) groups is 2. The molecule has 10 heteroatoms. The standard InChI is InChI=1S/C26H36ClN3O5S/c1-5-6-16-28-26(32)20(2)29(19-21-11-8-7-9-12-21)25(31)13-10-17-30(36(4,33)34)22-14-15-24(35-3)23(27)18-22/h7-9,11-12,14-15,18,20H,5-6,10,13,16-17,19H2,1-4H3,(H,28,32)/t20-/m1/s1. The molecule has 1 atom stereocenters. The molecule has 2 aromatic rings. The number of carbonyl (C=O) groups excluding carboxylic acids is 2. The number of rotatable bonds is 14. The Hall–Kier alpha value is -2.78. The second-order valence-corrected chi connectivity index (χ2v) is 10.9. The monoisotopic (exact) mass is 537 g/mol. The van der Waals surface area contributed by atoms with Crippen LogP contribution in [0.25, 0.3) is 0 Å². The number of nitrogens with zero attached hydrogens (tertiary/aromatic N) is 2. The average Bonchev–Trinajstić information content (AvgIpc) is 2.84. The van der Waals surface area contributed by atoms with E-state index < -0.39 is 16.1 Å². The van der Waals surface area contributed by atoms with Gasteiger partial charge in [0.2, 0.25) is 21.8 Å². The third-order valence-electron chi connectivity index (χ3n) is 5.77. The highest BCUT2D eigenvalue weighted by Crippen LogP contribution is 2.30. The number of anilines is 1. The molecule has 36 heavy (non-hydrogen) atoms. The maximum atomic E-state index is 13.3. The van der Waals surface area contributed by atoms with Crippen molar-refractivity contribution < 1.29 is 22.7 Å². The van der Waals surface area contributed by atoms with Crippen LogP contribution >= 0.6 is 11.6 Å². The van der Waals surface area contributed by atoms with Gasteiger partial charge in [-0.1, -0.05) is 55.3 Å². The lowest BCUT2D eigenvalue weighted by Gasteiger charge is -2.29. The lowest BCUT2D eigenvalue weighted by atomic mass is 10.1. The number of ether oxygens (including phenoxy) is 1. The van der Waals surface area contributed by atoms with E-state index in [-0.39, 0.29) is 42.8 Å². The van der Waals surface area contributed by atoms with Crippen molar-refractivity contribution >= 4 is 39.1 Å². The fraction of sp³-hybridized carbons (Fsp3) is 0.462. The van der Waals surface area contributed by atoms with Crippen molar-refractivity contribution in [2.45, 2.75) is 52.1 Å². The Morgan fingerprint density at radius 3 is 2.39 bits per heavy atom. The summed E-state index contributed by atoms with van der Waals surface area (Å²) in [4.78, 5) is 27.5. The number of methoxy groups -OCH3 is 1. The molecule has 2 aromatic carbocycles. The number of hydrogen-bond donors (Lipinski definition) is 1. The van der Waals surface area contributed by atoms with E-state index in [4.69, 9.17) is 16.3 Å². The molecule has 0 heterocycles. The molecule has 0 aromatic heterocycles. The molecule has 0 spiro atoms. The summed E-state index contributed by atoms with van der Waals surface area (Å²) in [7, 11) is -2.14. The number of sulfonamides is 1. The highest BCUT2D eigenvalue weighted by Gasteiger charge is 2.26. The molecule has 0 radical (unpaired) electrons. The molecule has 198 valence electrons. The van der Waals surface area contributed by atoms with Gasteiger partial charge in [0.05, 0.1) is 24.1 Å². The van der Waals surface area contributed by atoms with Crippen LogP contribution in [0, 0.1) is 0 Å². The van der Waals surface area contributed by atoms with Crippen molar-refractivity contribution in [3.63, 3.8) is 0 Å². The molecular weight excluding hydrogens is 502 g/mol. The molecule has 0 unspecified atom stereocenters. The van der Waals surface area contributed by atoms with Crippen molar-refractivity contribution in [2.75, 3.05) is 30.8 Å². The number of unbranched alkanes of at least 4 members (excludes halogenated alkanes) is 1. The lowest BCUT2D eigenvalue weighted by Crippen LogP contribution is -2.47. The Bertz CT molecular complexity index is 1110. The van der Waals surface area contributed by atoms with Crippen molar-refractivity contribution in [3.8, 4) is 5.75 Å². The highest BCUT2D eigenvalue weighted by molar-refractivity contribution is 7.92. The zero-order valence-electron chi connectivity index (χ0n) is 21.4. The van der Waals surface area contributed by atoms with Gasteiger partial charge in [-0.25, -0.2) is 8.42 Å². The van der Waals surface area contributed by atoms with Gasteiger partial charge in [0.1, 0.15) is 11.8 Å². The molecule has 8 nitrogen and oxygen atoms in total. The Labute approximate surface area is 219 Å². The summed E-state index contributed by atoms with van der Waals surface area (Å²) in [5.74, 6) is 0.00313. The topological polar surface area (TPSA) is 96.0 Å². The van der Waals surface area contributed by atoms with E-state index in [9.17, 15) is 18.0 Å². The summed E-state index contributed by atoms with van der Waals surface area (Å²) < 4.78 is 31.3. The Kier molecular flexibility index (Phi) is 11.5. The first-order chi connectivity index (χ1) is 17.1. The fourth-order valence-electron chi connectivity index (χ4n) is 3.71. The smallest absolute Gasteiger partial charge is 0.242 e. The minimum Gasteiger partial charge on any atom is -0.495 e. The van der Waals surface area contributed by atoms with Gasteiger partial charge in [0.25, 0.3) is 0 Å². The van der Waals surface area contributed by atoms with Crippen LogP contribution in [0.15, 0.2) is 48.5 Å². The molecule has 1 N–H and O–H groups in total. The summed E-state index contributed by atoms with van der Waals surface area (Å²) in [5, 5.41) is 3.18. The van der Waals surface area contributed by atoms with Gasteiger partial charge < -0.3 is 15.0 Å². The second kappa shape index (κ2) is 14.1. The van der Waals surface area contributed by atoms with Gasteiger partial charge in [0.15, 0.2) is 0 Å². The fourth-order valence-corrected chi connectivity index (χ4v) is 4.92. The second-order valence-electron chi connectivity index (χ2n) is 8.59. The van der Waals surface area contributed by atoms with Crippen molar-refractivity contribution in [2.24, 2.45) is 0 Å². The summed E-state index contributed by atoms with van der Waals surface area (Å²) in [6.07, 6.45) is 3.27. The van der Waals surface area contributed by atoms with Crippen LogP contribution in [0.3, 0.4) is 0 Å². The van der Waals surface area contributed by atoms with E-state index in [0.717, 1.165) is 24.7 Å². The third kappa shape index (κ3) is 8.71. The molecule has 0 aliphatic carbocycles. The first-order valence-electron chi connectivity index (χ1n) is 12.0. The van der Waals surface area contributed by atoms with E-state index in [0.29, 0.717) is 18.0 Å². The Balaban J connectivity index is 2.14. The molecule has 0 saturated carbocycles. The van der Waals surface area contributed by atoms with Crippen LogP contribution in [0.2, 0.25) is 5.02 Å². The number of halogens is 1. The van der Waals surface area contributed by atoms with E-state index >= 15 is 0 Å². The zero-order valence-corrected chi connectivity index (χ0v) is 22.9. The van der Waals surface area contributed by atoms with E-state index in [1.54, 1.807) is 24.0 Å². The molecular formula is C26H36ClN3O5S. The maximum Gasteiger partial charge on any atom is 0.242 e. The number of amides is 2. The van der Waals surface area contributed by atoms with Gasteiger partial charge in [-0.15, -0.1) is 0 Å². The zero-order chi connectivity index (χ0) is 26.7. The van der Waals surface area contributed by atoms with Gasteiger partial charge >= 0.3 is 0 Å². The minimum atomic E-state index is -3.62. The van der Waals surface area contributed by atoms with Crippen molar-refractivity contribution in [1.82, 2.24) is 10.2 Å². The SMILES string of the molecule is CCCCNC(=O)[C@@H](C)N(Cc1ccccc1)C(=O)CCCN(c1ccc(OC)c(Cl)c1)S(C)(=O)=O. The predicted octanol–water partition coefficient (Wildman–Crippen LogP) is 4.23. The molecule has 2 amide bonds. The maximum absolute atomic E-state index is 13.3. The van der Waals surface area contributed by atoms with Gasteiger partial charge in [-0.3, -0.25) is 13.9 Å². The van der Waals surface area contributed by atoms with Crippen LogP contribution in [-0.2, 0) is 26.2 Å². The first kappa shape index (κ1) is 29.5. The normalized spacial score (nSPS) is 12.0. The minimum absolute atomic E-state index is 0.0787. The van der Waals surface area contributed by atoms with Crippen LogP contribution < -0.4 is 14.4 Å². The largest absolute Gasteiger partial charge is 0.495 e. The Morgan fingerprint density at radius 1 is 1.11 bits per heavy atom. The van der Waals surface area contributed by atoms with E-state index in [1.165, 1.54) is 17.5 Å². The summed E-state index contributed by atoms with van der Waals surface area (Å²) in [6, 6.07) is 13.5. The summed E-state index contributed by atoms with van der Waals surface area (Å²) in [5.41, 5.74) is 1.30. The number of hydrogen-bond acceptors (Lipinski definition) is 5. The van der Waals surface area contributed by atoms with Gasteiger partial charge in [-0.05, 0) is 43.5 Å². The number of nitrogens with one attached hydrogen (secondary N) is 1. The molecule has 0 aliphatic rings. The van der Waals surface area contributed by atoms with Crippen molar-refractivity contribution in [3.05, 3.63) is 59.1 Å². The summed E-state index contributed by atoms with van der Waals surface area (Å²) in [6.45, 7) is 4.68.